The minimum absolute atomic E-state index is 0.00129. The van der Waals surface area contributed by atoms with Crippen molar-refractivity contribution in [1.82, 2.24) is 5.32 Å². The van der Waals surface area contributed by atoms with E-state index in [0.717, 1.165) is 19.3 Å². The maximum atomic E-state index is 12.6. The van der Waals surface area contributed by atoms with Crippen LogP contribution < -0.4 is 10.1 Å². The standard InChI is InChI=1S/C19H24F3NO3/c1-2-3-4-13-5-7-15(8-6-13)25-16-11-14-9-10-18(12-16,23-14)26-17(24)19(20,21)22/h5-8,14,16,23H,2-4,9-12H2,1H3/t14-,16-,18+/m0/s1. The van der Waals surface area contributed by atoms with Crippen LogP contribution in [0.4, 0.5) is 13.2 Å². The fourth-order valence-corrected chi connectivity index (χ4v) is 3.79. The van der Waals surface area contributed by atoms with Crippen molar-refractivity contribution < 1.29 is 27.4 Å². The van der Waals surface area contributed by atoms with E-state index >= 15 is 0 Å². The minimum Gasteiger partial charge on any atom is -0.490 e. The molecule has 144 valence electrons. The van der Waals surface area contributed by atoms with E-state index in [-0.39, 0.29) is 18.6 Å². The van der Waals surface area contributed by atoms with Gasteiger partial charge < -0.3 is 9.47 Å². The summed E-state index contributed by atoms with van der Waals surface area (Å²) in [6, 6.07) is 7.81. The number of benzene rings is 1. The zero-order valence-corrected chi connectivity index (χ0v) is 14.8. The van der Waals surface area contributed by atoms with E-state index in [4.69, 9.17) is 9.47 Å². The van der Waals surface area contributed by atoms with E-state index < -0.39 is 17.9 Å². The molecule has 2 heterocycles. The molecule has 2 aliphatic heterocycles. The Hall–Kier alpha value is -1.76. The van der Waals surface area contributed by atoms with Gasteiger partial charge in [0.25, 0.3) is 0 Å². The first kappa shape index (κ1) is 19.0. The lowest BCUT2D eigenvalue weighted by Crippen LogP contribution is -2.56. The summed E-state index contributed by atoms with van der Waals surface area (Å²) in [5.41, 5.74) is -0.0403. The first-order chi connectivity index (χ1) is 12.3. The Bertz CT molecular complexity index is 632. The van der Waals surface area contributed by atoms with Gasteiger partial charge in [0.1, 0.15) is 11.9 Å². The van der Waals surface area contributed by atoms with E-state index in [9.17, 15) is 18.0 Å². The van der Waals surface area contributed by atoms with Gasteiger partial charge in [0.2, 0.25) is 0 Å². The fourth-order valence-electron chi connectivity index (χ4n) is 3.79. The summed E-state index contributed by atoms with van der Waals surface area (Å²) in [7, 11) is 0. The summed E-state index contributed by atoms with van der Waals surface area (Å²) in [5, 5.41) is 3.03. The van der Waals surface area contributed by atoms with Crippen LogP contribution in [0, 0.1) is 0 Å². The average Bonchev–Trinajstić information content (AvgIpc) is 2.88. The van der Waals surface area contributed by atoms with Crippen molar-refractivity contribution in [2.45, 2.75) is 75.9 Å². The number of hydrogen-bond acceptors (Lipinski definition) is 4. The third-order valence-corrected chi connectivity index (χ3v) is 5.03. The van der Waals surface area contributed by atoms with Gasteiger partial charge in [-0.25, -0.2) is 4.79 Å². The highest BCUT2D eigenvalue weighted by molar-refractivity contribution is 5.76. The Morgan fingerprint density at radius 2 is 2.04 bits per heavy atom. The van der Waals surface area contributed by atoms with Crippen molar-refractivity contribution >= 4 is 5.97 Å². The molecule has 1 aromatic carbocycles. The molecule has 2 aliphatic rings. The number of unbranched alkanes of at least 4 members (excludes halogenated alkanes) is 1. The number of piperidine rings is 1. The highest BCUT2D eigenvalue weighted by Crippen LogP contribution is 2.39. The lowest BCUT2D eigenvalue weighted by Gasteiger charge is -2.38. The molecule has 0 saturated carbocycles. The van der Waals surface area contributed by atoms with Crippen LogP contribution in [0.15, 0.2) is 24.3 Å². The molecule has 2 fully saturated rings. The van der Waals surface area contributed by atoms with Crippen LogP contribution in [0.5, 0.6) is 5.75 Å². The number of carbonyl (C=O) groups is 1. The molecule has 3 atom stereocenters. The minimum atomic E-state index is -4.99. The normalized spacial score (nSPS) is 28.0. The average molecular weight is 371 g/mol. The van der Waals surface area contributed by atoms with Crippen molar-refractivity contribution in [3.8, 4) is 5.75 Å². The molecule has 7 heteroatoms. The molecule has 0 amide bonds. The number of rotatable bonds is 6. The Morgan fingerprint density at radius 3 is 2.69 bits per heavy atom. The van der Waals surface area contributed by atoms with E-state index in [2.05, 4.69) is 12.2 Å². The SMILES string of the molecule is CCCCc1ccc(O[C@H]2C[C@@H]3CC[C@@](OC(=O)C(F)(F)F)(C2)N3)cc1. The number of carbonyl (C=O) groups excluding carboxylic acids is 1. The van der Waals surface area contributed by atoms with Crippen molar-refractivity contribution in [2.24, 2.45) is 0 Å². The number of hydrogen-bond donors (Lipinski definition) is 1. The van der Waals surface area contributed by atoms with Crippen LogP contribution >= 0.6 is 0 Å². The summed E-state index contributed by atoms with van der Waals surface area (Å²) >= 11 is 0. The zero-order chi connectivity index (χ0) is 18.8. The molecule has 4 nitrogen and oxygen atoms in total. The van der Waals surface area contributed by atoms with Crippen molar-refractivity contribution in [2.75, 3.05) is 0 Å². The summed E-state index contributed by atoms with van der Waals surface area (Å²) in [5.74, 6) is -1.46. The Morgan fingerprint density at radius 1 is 1.31 bits per heavy atom. The van der Waals surface area contributed by atoms with Gasteiger partial charge in [-0.15, -0.1) is 0 Å². The predicted octanol–water partition coefficient (Wildman–Crippen LogP) is 4.12. The Kier molecular flexibility index (Phi) is 5.46. The maximum Gasteiger partial charge on any atom is 0.490 e. The number of nitrogens with one attached hydrogen (secondary N) is 1. The van der Waals surface area contributed by atoms with Crippen LogP contribution in [0.25, 0.3) is 0 Å². The maximum absolute atomic E-state index is 12.6. The lowest BCUT2D eigenvalue weighted by molar-refractivity contribution is -0.219. The van der Waals surface area contributed by atoms with Crippen molar-refractivity contribution in [3.05, 3.63) is 29.8 Å². The first-order valence-corrected chi connectivity index (χ1v) is 9.13. The van der Waals surface area contributed by atoms with Gasteiger partial charge in [-0.3, -0.25) is 5.32 Å². The van der Waals surface area contributed by atoms with Gasteiger partial charge in [0, 0.05) is 18.9 Å². The molecule has 0 aromatic heterocycles. The van der Waals surface area contributed by atoms with E-state index in [0.29, 0.717) is 25.0 Å². The number of alkyl halides is 3. The summed E-state index contributed by atoms with van der Waals surface area (Å²) in [6.45, 7) is 2.14. The van der Waals surface area contributed by atoms with Gasteiger partial charge >= 0.3 is 12.1 Å². The number of aryl methyl sites for hydroxylation is 1. The number of fused-ring (bicyclic) bond motifs is 2. The third kappa shape index (κ3) is 4.50. The van der Waals surface area contributed by atoms with Gasteiger partial charge in [0.15, 0.2) is 5.72 Å². The zero-order valence-electron chi connectivity index (χ0n) is 14.8. The van der Waals surface area contributed by atoms with Crippen LogP contribution in [0.1, 0.15) is 51.0 Å². The fraction of sp³-hybridized carbons (Fsp3) is 0.632. The molecule has 2 saturated heterocycles. The molecular weight excluding hydrogens is 347 g/mol. The van der Waals surface area contributed by atoms with Crippen LogP contribution in [0.2, 0.25) is 0 Å². The molecule has 0 unspecified atom stereocenters. The van der Waals surface area contributed by atoms with Crippen molar-refractivity contribution in [1.29, 1.82) is 0 Å². The molecule has 0 aliphatic carbocycles. The topological polar surface area (TPSA) is 47.6 Å². The molecule has 1 aromatic rings. The third-order valence-electron chi connectivity index (χ3n) is 5.03. The molecule has 3 rings (SSSR count). The Balaban J connectivity index is 1.62. The monoisotopic (exact) mass is 371 g/mol. The summed E-state index contributed by atoms with van der Waals surface area (Å²) < 4.78 is 48.5. The van der Waals surface area contributed by atoms with Gasteiger partial charge in [0.05, 0.1) is 0 Å². The van der Waals surface area contributed by atoms with Crippen LogP contribution in [-0.4, -0.2) is 30.0 Å². The van der Waals surface area contributed by atoms with E-state index in [1.807, 2.05) is 24.3 Å². The number of ether oxygens (including phenoxy) is 2. The van der Waals surface area contributed by atoms with E-state index in [1.165, 1.54) is 5.56 Å². The molecule has 2 bridgehead atoms. The first-order valence-electron chi connectivity index (χ1n) is 9.13. The number of halogens is 3. The van der Waals surface area contributed by atoms with Crippen LogP contribution in [-0.2, 0) is 16.0 Å². The summed E-state index contributed by atoms with van der Waals surface area (Å²) in [6.07, 6.45) is -0.0655. The largest absolute Gasteiger partial charge is 0.490 e. The van der Waals surface area contributed by atoms with Crippen molar-refractivity contribution in [3.63, 3.8) is 0 Å². The van der Waals surface area contributed by atoms with Gasteiger partial charge in [-0.2, -0.15) is 13.2 Å². The quantitative estimate of drug-likeness (QED) is 0.764. The molecule has 26 heavy (non-hydrogen) atoms. The number of esters is 1. The smallest absolute Gasteiger partial charge is 0.490 e. The second kappa shape index (κ2) is 7.47. The molecule has 0 spiro atoms. The second-order valence-electron chi connectivity index (χ2n) is 7.19. The predicted molar refractivity (Wildman–Crippen MR) is 89.7 cm³/mol. The second-order valence-corrected chi connectivity index (χ2v) is 7.19. The highest BCUT2D eigenvalue weighted by atomic mass is 19.4. The van der Waals surface area contributed by atoms with Gasteiger partial charge in [-0.1, -0.05) is 25.5 Å². The highest BCUT2D eigenvalue weighted by Gasteiger charge is 2.53. The van der Waals surface area contributed by atoms with E-state index in [1.54, 1.807) is 0 Å². The lowest BCUT2D eigenvalue weighted by atomic mass is 9.99. The molecular formula is C19H24F3NO3. The van der Waals surface area contributed by atoms with Gasteiger partial charge in [-0.05, 0) is 43.4 Å². The molecule has 1 N–H and O–H groups in total. The summed E-state index contributed by atoms with van der Waals surface area (Å²) in [4.78, 5) is 11.3. The Labute approximate surface area is 151 Å². The van der Waals surface area contributed by atoms with Crippen LogP contribution in [0.3, 0.4) is 0 Å². The molecule has 0 radical (unpaired) electrons.